The molecule has 1 heterocycles. The minimum absolute atomic E-state index is 0.0625. The summed E-state index contributed by atoms with van der Waals surface area (Å²) in [7, 11) is -4.48. The normalized spacial score (nSPS) is 32.0. The highest BCUT2D eigenvalue weighted by Gasteiger charge is 2.53. The summed E-state index contributed by atoms with van der Waals surface area (Å²) in [6.07, 6.45) is -4.74. The minimum atomic E-state index is -2.24. The summed E-state index contributed by atoms with van der Waals surface area (Å²) in [5.41, 5.74) is 0. The van der Waals surface area contributed by atoms with Gasteiger partial charge in [-0.3, -0.25) is 0 Å². The van der Waals surface area contributed by atoms with Crippen molar-refractivity contribution in [2.45, 2.75) is 109 Å². The van der Waals surface area contributed by atoms with Crippen LogP contribution in [0.5, 0.6) is 0 Å². The van der Waals surface area contributed by atoms with Crippen molar-refractivity contribution in [3.63, 3.8) is 0 Å². The first kappa shape index (κ1) is 24.2. The van der Waals surface area contributed by atoms with Crippen LogP contribution in [0.3, 0.4) is 0 Å². The van der Waals surface area contributed by atoms with Gasteiger partial charge in [0, 0.05) is 0 Å². The van der Waals surface area contributed by atoms with Gasteiger partial charge in [0.25, 0.3) is 0 Å². The number of rotatable bonds is 5. The highest BCUT2D eigenvalue weighted by molar-refractivity contribution is 6.74. The molecule has 5 atom stereocenters. The van der Waals surface area contributed by atoms with E-state index in [1.54, 1.807) is 0 Å². The molecule has 0 spiro atoms. The van der Waals surface area contributed by atoms with Crippen molar-refractivity contribution >= 4 is 16.6 Å². The fourth-order valence-electron chi connectivity index (χ4n) is 2.35. The van der Waals surface area contributed by atoms with Gasteiger partial charge in [0.15, 0.2) is 22.9 Å². The Balaban J connectivity index is 3.22. The van der Waals surface area contributed by atoms with E-state index in [-0.39, 0.29) is 16.7 Å². The lowest BCUT2D eigenvalue weighted by molar-refractivity contribution is -0.279. The Morgan fingerprint density at radius 3 is 1.54 bits per heavy atom. The van der Waals surface area contributed by atoms with Crippen LogP contribution in [0.15, 0.2) is 0 Å². The maximum atomic E-state index is 10.8. The van der Waals surface area contributed by atoms with E-state index in [1.165, 1.54) is 0 Å². The zero-order valence-electron chi connectivity index (χ0n) is 18.2. The van der Waals surface area contributed by atoms with E-state index in [4.69, 9.17) is 13.6 Å². The van der Waals surface area contributed by atoms with Crippen LogP contribution in [0.4, 0.5) is 0 Å². The molecule has 6 nitrogen and oxygen atoms in total. The third kappa shape index (κ3) is 5.17. The molecule has 1 rings (SSSR count). The van der Waals surface area contributed by atoms with E-state index in [2.05, 4.69) is 67.7 Å². The lowest BCUT2D eigenvalue weighted by Gasteiger charge is -2.50. The van der Waals surface area contributed by atoms with Gasteiger partial charge >= 0.3 is 0 Å². The van der Waals surface area contributed by atoms with Gasteiger partial charge in [-0.2, -0.15) is 0 Å². The molecule has 1 aliphatic heterocycles. The Bertz CT molecular complexity index is 469. The van der Waals surface area contributed by atoms with Gasteiger partial charge in [-0.15, -0.1) is 0 Å². The van der Waals surface area contributed by atoms with Crippen LogP contribution in [0.2, 0.25) is 36.3 Å². The smallest absolute Gasteiger partial charge is 0.192 e. The molecule has 3 N–H and O–H groups in total. The topological polar surface area (TPSA) is 88.4 Å². The van der Waals surface area contributed by atoms with E-state index in [1.807, 2.05) is 0 Å². The largest absolute Gasteiger partial charge is 0.408 e. The van der Waals surface area contributed by atoms with Crippen LogP contribution in [0, 0.1) is 0 Å². The summed E-state index contributed by atoms with van der Waals surface area (Å²) in [5.74, 6) is 0. The predicted molar refractivity (Wildman–Crippen MR) is 108 cm³/mol. The van der Waals surface area contributed by atoms with Crippen LogP contribution in [-0.4, -0.2) is 69.3 Å². The molecule has 1 fully saturated rings. The summed E-state index contributed by atoms with van der Waals surface area (Å²) in [5, 5.41) is 30.8. The molecule has 1 saturated heterocycles. The molecular formula is C18H40O6Si2. The van der Waals surface area contributed by atoms with Crippen molar-refractivity contribution in [1.29, 1.82) is 0 Å². The SMILES string of the molecule is CC(C)(C)[Si](C)(C)O[C@@H]1[C@@H](O[Si](C)(C)C(C)(C)C)[C@H](O)[C@@H](CO)O[C@@H]1O. The van der Waals surface area contributed by atoms with E-state index in [0.717, 1.165) is 0 Å². The van der Waals surface area contributed by atoms with Crippen LogP contribution in [0.25, 0.3) is 0 Å². The zero-order valence-corrected chi connectivity index (χ0v) is 20.2. The maximum Gasteiger partial charge on any atom is 0.192 e. The number of hydrogen-bond donors (Lipinski definition) is 3. The van der Waals surface area contributed by atoms with Crippen molar-refractivity contribution in [1.82, 2.24) is 0 Å². The Hall–Kier alpha value is 0.194. The molecule has 1 aliphatic rings. The Morgan fingerprint density at radius 1 is 0.808 bits per heavy atom. The summed E-state index contributed by atoms with van der Waals surface area (Å²) in [6.45, 7) is 20.7. The van der Waals surface area contributed by atoms with Crippen LogP contribution in [-0.2, 0) is 13.6 Å². The number of hydrogen-bond acceptors (Lipinski definition) is 6. The van der Waals surface area contributed by atoms with Crippen molar-refractivity contribution in [3.8, 4) is 0 Å². The lowest BCUT2D eigenvalue weighted by atomic mass is 9.99. The first-order valence-electron chi connectivity index (χ1n) is 9.43. The average Bonchev–Trinajstić information content (AvgIpc) is 2.43. The summed E-state index contributed by atoms with van der Waals surface area (Å²) < 4.78 is 18.3. The molecule has 156 valence electrons. The van der Waals surface area contributed by atoms with Gasteiger partial charge in [-0.1, -0.05) is 41.5 Å². The van der Waals surface area contributed by atoms with Crippen molar-refractivity contribution < 1.29 is 28.9 Å². The van der Waals surface area contributed by atoms with E-state index < -0.39 is 47.3 Å². The molecule has 0 amide bonds. The fraction of sp³-hybridized carbons (Fsp3) is 1.00. The third-order valence-electron chi connectivity index (χ3n) is 6.29. The Morgan fingerprint density at radius 2 is 1.19 bits per heavy atom. The number of ether oxygens (including phenoxy) is 1. The van der Waals surface area contributed by atoms with E-state index >= 15 is 0 Å². The molecule has 0 radical (unpaired) electrons. The average molecular weight is 409 g/mol. The van der Waals surface area contributed by atoms with Gasteiger partial charge < -0.3 is 28.9 Å². The summed E-state index contributed by atoms with van der Waals surface area (Å²) in [6, 6.07) is 0. The first-order chi connectivity index (χ1) is 11.4. The van der Waals surface area contributed by atoms with Crippen LogP contribution >= 0.6 is 0 Å². The number of aliphatic hydroxyl groups excluding tert-OH is 3. The van der Waals surface area contributed by atoms with Gasteiger partial charge in [-0.25, -0.2) is 0 Å². The fourth-order valence-corrected chi connectivity index (χ4v) is 4.94. The summed E-state index contributed by atoms with van der Waals surface area (Å²) >= 11 is 0. The molecule has 0 saturated carbocycles. The minimum Gasteiger partial charge on any atom is -0.408 e. The second-order valence-corrected chi connectivity index (χ2v) is 19.9. The van der Waals surface area contributed by atoms with Crippen molar-refractivity contribution in [3.05, 3.63) is 0 Å². The molecule has 0 aromatic rings. The molecule has 0 aromatic heterocycles. The van der Waals surface area contributed by atoms with Crippen molar-refractivity contribution in [2.24, 2.45) is 0 Å². The maximum absolute atomic E-state index is 10.8. The van der Waals surface area contributed by atoms with Crippen molar-refractivity contribution in [2.75, 3.05) is 6.61 Å². The Kier molecular flexibility index (Phi) is 7.37. The third-order valence-corrected chi connectivity index (χ3v) is 15.2. The van der Waals surface area contributed by atoms with Gasteiger partial charge in [0.1, 0.15) is 24.4 Å². The molecule has 0 aromatic carbocycles. The predicted octanol–water partition coefficient (Wildman–Crippen LogP) is 2.84. The molecule has 26 heavy (non-hydrogen) atoms. The second kappa shape index (κ2) is 7.90. The van der Waals surface area contributed by atoms with Crippen LogP contribution < -0.4 is 0 Å². The molecule has 0 unspecified atom stereocenters. The number of aliphatic hydroxyl groups is 3. The standard InChI is InChI=1S/C18H40O6Si2/c1-17(2,3)25(7,8)23-14-13(20)12(11-19)22-16(21)15(14)24-26(9,10)18(4,5)6/h12-16,19-21H,11H2,1-10H3/t12-,13-,14+,15-,16+/m1/s1. The van der Waals surface area contributed by atoms with E-state index in [9.17, 15) is 15.3 Å². The second-order valence-electron chi connectivity index (χ2n) is 10.4. The molecule has 0 bridgehead atoms. The zero-order chi connectivity index (χ0) is 20.7. The quantitative estimate of drug-likeness (QED) is 0.606. The Labute approximate surface area is 161 Å². The summed E-state index contributed by atoms with van der Waals surface area (Å²) in [4.78, 5) is 0. The first-order valence-corrected chi connectivity index (χ1v) is 15.2. The van der Waals surface area contributed by atoms with E-state index in [0.29, 0.717) is 0 Å². The van der Waals surface area contributed by atoms with Gasteiger partial charge in [-0.05, 0) is 36.3 Å². The molecule has 0 aliphatic carbocycles. The lowest BCUT2D eigenvalue weighted by Crippen LogP contribution is -2.65. The highest BCUT2D eigenvalue weighted by atomic mass is 28.4. The van der Waals surface area contributed by atoms with Gasteiger partial charge in [0.05, 0.1) is 6.61 Å². The monoisotopic (exact) mass is 408 g/mol. The van der Waals surface area contributed by atoms with Crippen LogP contribution in [0.1, 0.15) is 41.5 Å². The molecule has 8 heteroatoms. The van der Waals surface area contributed by atoms with Gasteiger partial charge in [0.2, 0.25) is 0 Å². The molecular weight excluding hydrogens is 368 g/mol. The highest BCUT2D eigenvalue weighted by Crippen LogP contribution is 2.42.